The summed E-state index contributed by atoms with van der Waals surface area (Å²) in [5, 5.41) is 3.03. The third-order valence-electron chi connectivity index (χ3n) is 7.29. The van der Waals surface area contributed by atoms with Gasteiger partial charge >= 0.3 is 6.09 Å². The van der Waals surface area contributed by atoms with Crippen molar-refractivity contribution in [2.45, 2.75) is 69.9 Å². The Hall–Kier alpha value is -1.11. The average Bonchev–Trinajstić information content (AvgIpc) is 3.43. The standard InChI is InChI=1S/C23H34N2O3S/c1-2-19-13-20-21(29-19)5-10-28-23(20)6-8-25(9-7-23)14-17-11-18(12-17)24-22(26)27-15-16-3-4-16/h13,16-18H,2-12,14-15H2,1H3,(H,24,26). The second-order valence-corrected chi connectivity index (χ2v) is 10.7. The first-order valence-corrected chi connectivity index (χ1v) is 12.4. The molecule has 6 heteroatoms. The van der Waals surface area contributed by atoms with Gasteiger partial charge in [-0.3, -0.25) is 0 Å². The van der Waals surface area contributed by atoms with Crippen LogP contribution in [0.25, 0.3) is 0 Å². The number of hydrogen-bond donors (Lipinski definition) is 1. The molecule has 1 saturated heterocycles. The van der Waals surface area contributed by atoms with Crippen LogP contribution in [0.5, 0.6) is 0 Å². The van der Waals surface area contributed by atoms with Crippen LogP contribution in [0.4, 0.5) is 4.79 Å². The van der Waals surface area contributed by atoms with E-state index < -0.39 is 0 Å². The highest BCUT2D eigenvalue weighted by Crippen LogP contribution is 2.45. The maximum absolute atomic E-state index is 11.8. The number of fused-ring (bicyclic) bond motifs is 2. The number of hydrogen-bond acceptors (Lipinski definition) is 5. The molecule has 4 aliphatic rings. The molecule has 0 atom stereocenters. The predicted molar refractivity (Wildman–Crippen MR) is 114 cm³/mol. The number of nitrogens with zero attached hydrogens (tertiary/aromatic N) is 1. The van der Waals surface area contributed by atoms with Gasteiger partial charge in [0.05, 0.1) is 18.8 Å². The van der Waals surface area contributed by atoms with Crippen molar-refractivity contribution in [3.05, 3.63) is 21.4 Å². The molecule has 1 aromatic heterocycles. The first kappa shape index (κ1) is 19.8. The molecule has 0 bridgehead atoms. The Bertz CT molecular complexity index is 730. The largest absolute Gasteiger partial charge is 0.449 e. The van der Waals surface area contributed by atoms with Crippen LogP contribution in [0.3, 0.4) is 0 Å². The molecule has 2 aliphatic heterocycles. The van der Waals surface area contributed by atoms with Crippen LogP contribution in [0.1, 0.15) is 60.8 Å². The fourth-order valence-electron chi connectivity index (χ4n) is 5.21. The maximum Gasteiger partial charge on any atom is 0.407 e. The van der Waals surface area contributed by atoms with Crippen LogP contribution in [0.2, 0.25) is 0 Å². The van der Waals surface area contributed by atoms with E-state index in [4.69, 9.17) is 9.47 Å². The smallest absolute Gasteiger partial charge is 0.407 e. The molecule has 1 amide bonds. The van der Waals surface area contributed by atoms with Crippen molar-refractivity contribution in [2.75, 3.05) is 32.8 Å². The lowest BCUT2D eigenvalue weighted by molar-refractivity contribution is -0.0996. The van der Waals surface area contributed by atoms with E-state index in [0.717, 1.165) is 64.8 Å². The number of amides is 1. The lowest BCUT2D eigenvalue weighted by atomic mass is 9.78. The van der Waals surface area contributed by atoms with Crippen LogP contribution in [-0.2, 0) is 27.9 Å². The Morgan fingerprint density at radius 2 is 2.10 bits per heavy atom. The summed E-state index contributed by atoms with van der Waals surface area (Å²) in [4.78, 5) is 17.5. The van der Waals surface area contributed by atoms with E-state index in [1.54, 1.807) is 4.88 Å². The Balaban J connectivity index is 1.06. The van der Waals surface area contributed by atoms with Gasteiger partial charge in [0.15, 0.2) is 0 Å². The van der Waals surface area contributed by atoms with Gasteiger partial charge in [-0.2, -0.15) is 0 Å². The van der Waals surface area contributed by atoms with E-state index in [1.807, 2.05) is 11.3 Å². The Morgan fingerprint density at radius 1 is 1.31 bits per heavy atom. The Kier molecular flexibility index (Phi) is 5.61. The first-order chi connectivity index (χ1) is 14.1. The molecule has 1 spiro atoms. The van der Waals surface area contributed by atoms with Crippen molar-refractivity contribution < 1.29 is 14.3 Å². The number of thiophene rings is 1. The second-order valence-electron chi connectivity index (χ2n) is 9.52. The zero-order valence-electron chi connectivity index (χ0n) is 17.6. The summed E-state index contributed by atoms with van der Waals surface area (Å²) in [6, 6.07) is 2.74. The number of rotatable bonds is 6. The minimum absolute atomic E-state index is 0.0248. The summed E-state index contributed by atoms with van der Waals surface area (Å²) in [7, 11) is 0. The highest BCUT2D eigenvalue weighted by Gasteiger charge is 2.42. The fourth-order valence-corrected chi connectivity index (χ4v) is 6.39. The molecule has 2 aliphatic carbocycles. The number of carbonyl (C=O) groups excluding carboxylic acids is 1. The molecule has 0 unspecified atom stereocenters. The van der Waals surface area contributed by atoms with E-state index >= 15 is 0 Å². The summed E-state index contributed by atoms with van der Waals surface area (Å²) in [5.41, 5.74) is 1.48. The Labute approximate surface area is 178 Å². The molecule has 29 heavy (non-hydrogen) atoms. The lowest BCUT2D eigenvalue weighted by Gasteiger charge is -2.46. The van der Waals surface area contributed by atoms with Crippen LogP contribution in [0.15, 0.2) is 6.07 Å². The van der Waals surface area contributed by atoms with E-state index in [-0.39, 0.29) is 11.7 Å². The molecule has 1 N–H and O–H groups in total. The zero-order chi connectivity index (χ0) is 19.8. The summed E-state index contributed by atoms with van der Waals surface area (Å²) < 4.78 is 11.7. The van der Waals surface area contributed by atoms with Gasteiger partial charge in [-0.05, 0) is 68.4 Å². The minimum atomic E-state index is -0.215. The lowest BCUT2D eigenvalue weighted by Crippen LogP contribution is -2.51. The molecule has 3 fully saturated rings. The summed E-state index contributed by atoms with van der Waals surface area (Å²) in [6.45, 7) is 7.13. The number of aryl methyl sites for hydroxylation is 1. The molecule has 2 saturated carbocycles. The van der Waals surface area contributed by atoms with Crippen molar-refractivity contribution in [1.82, 2.24) is 10.2 Å². The van der Waals surface area contributed by atoms with Gasteiger partial charge in [-0.1, -0.05) is 6.92 Å². The molecule has 5 nitrogen and oxygen atoms in total. The monoisotopic (exact) mass is 418 g/mol. The van der Waals surface area contributed by atoms with Gasteiger partial charge in [0.25, 0.3) is 0 Å². The summed E-state index contributed by atoms with van der Waals surface area (Å²) >= 11 is 2.00. The van der Waals surface area contributed by atoms with Gasteiger partial charge in [-0.15, -0.1) is 11.3 Å². The number of ether oxygens (including phenoxy) is 2. The minimum Gasteiger partial charge on any atom is -0.449 e. The summed E-state index contributed by atoms with van der Waals surface area (Å²) in [6.07, 6.45) is 8.84. The number of piperidine rings is 1. The van der Waals surface area contributed by atoms with Gasteiger partial charge in [0.1, 0.15) is 0 Å². The van der Waals surface area contributed by atoms with Crippen LogP contribution in [0, 0.1) is 11.8 Å². The SMILES string of the molecule is CCc1cc2c(s1)CCOC21CCN(CC2CC(NC(=O)OCC3CC3)C2)CC1. The zero-order valence-corrected chi connectivity index (χ0v) is 18.4. The molecule has 0 radical (unpaired) electrons. The normalized spacial score (nSPS) is 28.6. The molecule has 1 aromatic rings. The molecular formula is C23H34N2O3S. The summed E-state index contributed by atoms with van der Waals surface area (Å²) in [5.74, 6) is 1.33. The topological polar surface area (TPSA) is 50.8 Å². The second kappa shape index (κ2) is 8.20. The van der Waals surface area contributed by atoms with E-state index in [0.29, 0.717) is 24.5 Å². The van der Waals surface area contributed by atoms with Gasteiger partial charge in [0.2, 0.25) is 0 Å². The third kappa shape index (κ3) is 4.35. The van der Waals surface area contributed by atoms with Crippen LogP contribution >= 0.6 is 11.3 Å². The number of carbonyl (C=O) groups is 1. The predicted octanol–water partition coefficient (Wildman–Crippen LogP) is 4.09. The van der Waals surface area contributed by atoms with Crippen LogP contribution < -0.4 is 5.32 Å². The van der Waals surface area contributed by atoms with E-state index in [1.165, 1.54) is 23.3 Å². The van der Waals surface area contributed by atoms with E-state index in [2.05, 4.69) is 23.2 Å². The van der Waals surface area contributed by atoms with E-state index in [9.17, 15) is 4.79 Å². The third-order valence-corrected chi connectivity index (χ3v) is 8.63. The van der Waals surface area contributed by atoms with Crippen LogP contribution in [-0.4, -0.2) is 49.9 Å². The number of nitrogens with one attached hydrogen (secondary N) is 1. The van der Waals surface area contributed by atoms with Crippen molar-refractivity contribution >= 4 is 17.4 Å². The first-order valence-electron chi connectivity index (χ1n) is 11.5. The highest BCUT2D eigenvalue weighted by atomic mass is 32.1. The van der Waals surface area contributed by atoms with Gasteiger partial charge < -0.3 is 19.7 Å². The molecule has 160 valence electrons. The molecule has 5 rings (SSSR count). The quantitative estimate of drug-likeness (QED) is 0.756. The highest BCUT2D eigenvalue weighted by molar-refractivity contribution is 7.12. The van der Waals surface area contributed by atoms with Crippen molar-refractivity contribution in [1.29, 1.82) is 0 Å². The number of alkyl carbamates (subject to hydrolysis) is 1. The van der Waals surface area contributed by atoms with Gasteiger partial charge in [0, 0.05) is 41.9 Å². The average molecular weight is 419 g/mol. The maximum atomic E-state index is 11.8. The van der Waals surface area contributed by atoms with Crippen molar-refractivity contribution in [2.24, 2.45) is 11.8 Å². The Morgan fingerprint density at radius 3 is 2.83 bits per heavy atom. The molecular weight excluding hydrogens is 384 g/mol. The van der Waals surface area contributed by atoms with Crippen molar-refractivity contribution in [3.8, 4) is 0 Å². The molecule has 3 heterocycles. The fraction of sp³-hybridized carbons (Fsp3) is 0.783. The van der Waals surface area contributed by atoms with Gasteiger partial charge in [-0.25, -0.2) is 4.79 Å². The molecule has 0 aromatic carbocycles. The van der Waals surface area contributed by atoms with Crippen molar-refractivity contribution in [3.63, 3.8) is 0 Å². The number of likely N-dealkylation sites (tertiary alicyclic amines) is 1.